The van der Waals surface area contributed by atoms with Crippen molar-refractivity contribution in [2.45, 2.75) is 114 Å². The highest BCUT2D eigenvalue weighted by Crippen LogP contribution is 2.32. The lowest BCUT2D eigenvalue weighted by atomic mass is 9.77. The summed E-state index contributed by atoms with van der Waals surface area (Å²) in [6.45, 7) is 35.1. The second-order valence-corrected chi connectivity index (χ2v) is 12.0. The van der Waals surface area contributed by atoms with E-state index in [0.29, 0.717) is 22.3 Å². The summed E-state index contributed by atoms with van der Waals surface area (Å²) in [5.41, 5.74) is 8.16. The summed E-state index contributed by atoms with van der Waals surface area (Å²) >= 11 is 0. The van der Waals surface area contributed by atoms with Crippen molar-refractivity contribution < 1.29 is 0 Å². The molecule has 1 aromatic heterocycles. The van der Waals surface area contributed by atoms with Crippen LogP contribution < -0.4 is 5.32 Å². The van der Waals surface area contributed by atoms with Crippen molar-refractivity contribution in [3.05, 3.63) is 83.1 Å². The van der Waals surface area contributed by atoms with E-state index in [1.54, 1.807) is 0 Å². The van der Waals surface area contributed by atoms with Gasteiger partial charge in [-0.05, 0) is 106 Å². The maximum atomic E-state index is 9.30. The van der Waals surface area contributed by atoms with Gasteiger partial charge in [-0.2, -0.15) is 5.26 Å². The van der Waals surface area contributed by atoms with Crippen LogP contribution in [0.1, 0.15) is 106 Å². The molecule has 0 atom stereocenters. The molecule has 3 heterocycles. The van der Waals surface area contributed by atoms with E-state index >= 15 is 0 Å². The van der Waals surface area contributed by atoms with Gasteiger partial charge < -0.3 is 10.2 Å². The fraction of sp³-hybridized carbons (Fsp3) is 0.529. The smallest absolute Gasteiger partial charge is 0.101 e. The first-order chi connectivity index (χ1) is 17.5. The van der Waals surface area contributed by atoms with E-state index in [2.05, 4.69) is 64.1 Å². The molecule has 0 spiro atoms. The number of rotatable bonds is 2. The van der Waals surface area contributed by atoms with Gasteiger partial charge in [-0.15, -0.1) is 6.58 Å². The Balaban J connectivity index is 0.000000672. The highest BCUT2D eigenvalue weighted by molar-refractivity contribution is 5.77. The Morgan fingerprint density at radius 2 is 1.58 bits per heavy atom. The first-order valence-electron chi connectivity index (χ1n) is 13.8. The lowest BCUT2D eigenvalue weighted by Gasteiger charge is -2.45. The minimum absolute atomic E-state index is 0.334. The Morgan fingerprint density at radius 3 is 1.97 bits per heavy atom. The molecule has 0 saturated carbocycles. The molecular formula is C34H54N4. The van der Waals surface area contributed by atoms with Crippen molar-refractivity contribution in [1.29, 1.82) is 5.26 Å². The van der Waals surface area contributed by atoms with Gasteiger partial charge in [0.1, 0.15) is 6.07 Å². The number of nitrogens with one attached hydrogen (secondary N) is 1. The predicted octanol–water partition coefficient (Wildman–Crippen LogP) is 9.41. The third kappa shape index (κ3) is 12.6. The van der Waals surface area contributed by atoms with E-state index in [1.807, 2.05) is 90.9 Å². The Hall–Kier alpha value is -2.90. The van der Waals surface area contributed by atoms with Gasteiger partial charge in [0.25, 0.3) is 0 Å². The van der Waals surface area contributed by atoms with E-state index in [9.17, 15) is 5.26 Å². The van der Waals surface area contributed by atoms with Gasteiger partial charge in [0, 0.05) is 34.7 Å². The monoisotopic (exact) mass is 518 g/mol. The van der Waals surface area contributed by atoms with Crippen LogP contribution >= 0.6 is 0 Å². The second kappa shape index (κ2) is 15.5. The van der Waals surface area contributed by atoms with Gasteiger partial charge >= 0.3 is 0 Å². The lowest BCUT2D eigenvalue weighted by Crippen LogP contribution is -2.57. The van der Waals surface area contributed by atoms with Crippen LogP contribution in [0.5, 0.6) is 0 Å². The quantitative estimate of drug-likeness (QED) is 0.396. The number of pyridine rings is 1. The van der Waals surface area contributed by atoms with Gasteiger partial charge in [-0.3, -0.25) is 4.98 Å². The molecule has 2 aliphatic heterocycles. The molecule has 0 unspecified atom stereocenters. The van der Waals surface area contributed by atoms with Crippen molar-refractivity contribution in [3.8, 4) is 6.07 Å². The average molecular weight is 519 g/mol. The van der Waals surface area contributed by atoms with Crippen molar-refractivity contribution in [1.82, 2.24) is 15.2 Å². The number of aryl methyl sites for hydroxylation is 2. The first-order valence-corrected chi connectivity index (χ1v) is 13.8. The molecule has 2 aliphatic rings. The number of aromatic nitrogens is 1. The van der Waals surface area contributed by atoms with Crippen LogP contribution in [0.3, 0.4) is 0 Å². The van der Waals surface area contributed by atoms with Gasteiger partial charge in [0.05, 0.1) is 17.0 Å². The highest BCUT2D eigenvalue weighted by Gasteiger charge is 2.35. The molecule has 0 aliphatic carbocycles. The third-order valence-corrected chi connectivity index (χ3v) is 5.76. The van der Waals surface area contributed by atoms with E-state index in [1.165, 1.54) is 18.4 Å². The summed E-state index contributed by atoms with van der Waals surface area (Å²) in [6.07, 6.45) is 8.38. The largest absolute Gasteiger partial charge is 0.323 e. The van der Waals surface area contributed by atoms with E-state index in [-0.39, 0.29) is 0 Å². The molecule has 210 valence electrons. The number of piperidine rings is 1. The topological polar surface area (TPSA) is 52.0 Å². The van der Waals surface area contributed by atoms with Crippen LogP contribution in [0.25, 0.3) is 5.57 Å². The van der Waals surface area contributed by atoms with Crippen molar-refractivity contribution in [3.63, 3.8) is 0 Å². The van der Waals surface area contributed by atoms with Crippen LogP contribution in [0.2, 0.25) is 0 Å². The van der Waals surface area contributed by atoms with Crippen molar-refractivity contribution in [2.24, 2.45) is 5.92 Å². The summed E-state index contributed by atoms with van der Waals surface area (Å²) in [4.78, 5) is 6.49. The normalized spacial score (nSPS) is 17.5. The summed E-state index contributed by atoms with van der Waals surface area (Å²) in [5, 5.41) is 13.0. The molecule has 0 bridgehead atoms. The van der Waals surface area contributed by atoms with Crippen LogP contribution in [0.4, 0.5) is 0 Å². The summed E-state index contributed by atoms with van der Waals surface area (Å²) in [5.74, 6) is 0.862. The van der Waals surface area contributed by atoms with Crippen molar-refractivity contribution in [2.75, 3.05) is 0 Å². The number of hydrogen-bond acceptors (Lipinski definition) is 4. The standard InChI is InChI=1S/C18H19N3.C10H21N.C4H8.C2H6/c1-12(2)10-21-11-17(8-16(9-19)15(21)5)18-7-6-13(3)14(4)20-18;1-8-6-9(2,3)11-10(4,5)7-8;1-4(2)3;1-2/h6-8,10-11H,5H2,1-4H3;8,11H,6-7H2,1-5H3;1H2,2-3H3;1-2H3. The van der Waals surface area contributed by atoms with Gasteiger partial charge in [0.15, 0.2) is 0 Å². The molecule has 3 rings (SSSR count). The number of nitrogens with zero attached hydrogens (tertiary/aromatic N) is 3. The Bertz CT molecular complexity index is 1070. The molecular weight excluding hydrogens is 464 g/mol. The minimum Gasteiger partial charge on any atom is -0.323 e. The molecule has 1 N–H and O–H groups in total. The van der Waals surface area contributed by atoms with Gasteiger partial charge in [-0.25, -0.2) is 0 Å². The van der Waals surface area contributed by atoms with Crippen LogP contribution in [-0.4, -0.2) is 21.0 Å². The van der Waals surface area contributed by atoms with Crippen LogP contribution in [0, 0.1) is 31.1 Å². The molecule has 4 nitrogen and oxygen atoms in total. The number of hydrogen-bond donors (Lipinski definition) is 1. The van der Waals surface area contributed by atoms with E-state index in [4.69, 9.17) is 0 Å². The Morgan fingerprint density at radius 1 is 1.08 bits per heavy atom. The Labute approximate surface area is 234 Å². The molecule has 1 fully saturated rings. The predicted molar refractivity (Wildman–Crippen MR) is 167 cm³/mol. The highest BCUT2D eigenvalue weighted by atomic mass is 15.1. The maximum Gasteiger partial charge on any atom is 0.101 e. The zero-order valence-electron chi connectivity index (χ0n) is 26.6. The summed E-state index contributed by atoms with van der Waals surface area (Å²) < 4.78 is 0. The zero-order valence-corrected chi connectivity index (χ0v) is 26.6. The summed E-state index contributed by atoms with van der Waals surface area (Å²) in [6, 6.07) is 6.23. The number of allylic oxidation sites excluding steroid dienone is 5. The second-order valence-electron chi connectivity index (χ2n) is 12.0. The van der Waals surface area contributed by atoms with Gasteiger partial charge in [0.2, 0.25) is 0 Å². The average Bonchev–Trinajstić information content (AvgIpc) is 2.75. The molecule has 0 radical (unpaired) electrons. The fourth-order valence-corrected chi connectivity index (χ4v) is 4.90. The first kappa shape index (κ1) is 35.1. The molecule has 1 saturated heterocycles. The molecule has 0 amide bonds. The summed E-state index contributed by atoms with van der Waals surface area (Å²) in [7, 11) is 0. The van der Waals surface area contributed by atoms with E-state index in [0.717, 1.165) is 34.0 Å². The Kier molecular flexibility index (Phi) is 14.3. The zero-order chi connectivity index (χ0) is 29.8. The molecule has 0 aromatic carbocycles. The van der Waals surface area contributed by atoms with Gasteiger partial charge in [-0.1, -0.05) is 44.6 Å². The lowest BCUT2D eigenvalue weighted by molar-refractivity contribution is 0.138. The van der Waals surface area contributed by atoms with Crippen LogP contribution in [0.15, 0.2) is 66.2 Å². The third-order valence-electron chi connectivity index (χ3n) is 5.76. The molecule has 38 heavy (non-hydrogen) atoms. The van der Waals surface area contributed by atoms with Crippen molar-refractivity contribution >= 4 is 5.57 Å². The van der Waals surface area contributed by atoms with Crippen LogP contribution in [-0.2, 0) is 0 Å². The number of nitriles is 1. The molecule has 4 heteroatoms. The SMILES string of the molecule is C=C(C)C.C=C1C(C#N)=CC(c2ccc(C)c(C)n2)=CN1C=C(C)C.CC.CC1CC(C)(C)NC(C)(C)C1. The fourth-order valence-electron chi connectivity index (χ4n) is 4.90. The van der Waals surface area contributed by atoms with E-state index < -0.39 is 0 Å². The molecule has 1 aromatic rings. The maximum absolute atomic E-state index is 9.30. The minimum atomic E-state index is 0.334.